The van der Waals surface area contributed by atoms with E-state index in [1.807, 2.05) is 6.07 Å². The van der Waals surface area contributed by atoms with Crippen molar-refractivity contribution < 1.29 is 13.9 Å². The Morgan fingerprint density at radius 1 is 1.58 bits per heavy atom. The van der Waals surface area contributed by atoms with E-state index in [1.165, 1.54) is 36.3 Å². The standard InChI is InChI=1S/C14H15FN2O2/c1-17(9-3-8-16)14(18)7-5-11-4-6-13(19-2)12(15)10-11/h4-7,10H,3,9H2,1-2H3. The Kier molecular flexibility index (Phi) is 5.55. The molecule has 0 aromatic heterocycles. The van der Waals surface area contributed by atoms with Crippen LogP contribution in [-0.2, 0) is 4.79 Å². The van der Waals surface area contributed by atoms with Crippen molar-refractivity contribution in [2.24, 2.45) is 0 Å². The van der Waals surface area contributed by atoms with Gasteiger partial charge < -0.3 is 9.64 Å². The maximum absolute atomic E-state index is 13.4. The summed E-state index contributed by atoms with van der Waals surface area (Å²) in [6, 6.07) is 6.41. The molecule has 0 bridgehead atoms. The largest absolute Gasteiger partial charge is 0.494 e. The summed E-state index contributed by atoms with van der Waals surface area (Å²) < 4.78 is 18.2. The molecule has 100 valence electrons. The Bertz CT molecular complexity index is 521. The molecule has 1 aromatic carbocycles. The van der Waals surface area contributed by atoms with Crippen molar-refractivity contribution in [2.45, 2.75) is 6.42 Å². The Morgan fingerprint density at radius 3 is 2.89 bits per heavy atom. The second kappa shape index (κ2) is 7.17. The molecule has 0 heterocycles. The smallest absolute Gasteiger partial charge is 0.246 e. The van der Waals surface area contributed by atoms with Gasteiger partial charge in [-0.1, -0.05) is 6.07 Å². The lowest BCUT2D eigenvalue weighted by Crippen LogP contribution is -2.25. The molecule has 0 unspecified atom stereocenters. The molecule has 0 saturated heterocycles. The van der Waals surface area contributed by atoms with Crippen LogP contribution in [0.25, 0.3) is 6.08 Å². The van der Waals surface area contributed by atoms with E-state index >= 15 is 0 Å². The summed E-state index contributed by atoms with van der Waals surface area (Å²) in [4.78, 5) is 13.1. The van der Waals surface area contributed by atoms with E-state index in [0.29, 0.717) is 12.1 Å². The van der Waals surface area contributed by atoms with Gasteiger partial charge in [-0.15, -0.1) is 0 Å². The fourth-order valence-corrected chi connectivity index (χ4v) is 1.41. The molecule has 0 aliphatic heterocycles. The molecule has 1 rings (SSSR count). The second-order valence-corrected chi connectivity index (χ2v) is 3.90. The first-order chi connectivity index (χ1) is 9.08. The molecular formula is C14H15FN2O2. The quantitative estimate of drug-likeness (QED) is 0.764. The zero-order valence-corrected chi connectivity index (χ0v) is 10.9. The third kappa shape index (κ3) is 4.43. The van der Waals surface area contributed by atoms with Crippen LogP contribution in [0, 0.1) is 17.1 Å². The molecule has 0 aliphatic carbocycles. The highest BCUT2D eigenvalue weighted by atomic mass is 19.1. The molecule has 0 atom stereocenters. The monoisotopic (exact) mass is 262 g/mol. The van der Waals surface area contributed by atoms with Gasteiger partial charge in [0.05, 0.1) is 19.6 Å². The minimum atomic E-state index is -0.477. The van der Waals surface area contributed by atoms with Gasteiger partial charge in [0.15, 0.2) is 11.6 Å². The van der Waals surface area contributed by atoms with Crippen LogP contribution in [0.2, 0.25) is 0 Å². The van der Waals surface area contributed by atoms with Gasteiger partial charge in [0.2, 0.25) is 5.91 Å². The zero-order valence-electron chi connectivity index (χ0n) is 10.9. The van der Waals surface area contributed by atoms with Crippen LogP contribution in [-0.4, -0.2) is 31.5 Å². The third-order valence-corrected chi connectivity index (χ3v) is 2.53. The minimum absolute atomic E-state index is 0.162. The SMILES string of the molecule is COc1ccc(C=CC(=O)N(C)CCC#N)cc1F. The summed E-state index contributed by atoms with van der Waals surface area (Å²) in [6.45, 7) is 0.372. The van der Waals surface area contributed by atoms with Gasteiger partial charge in [0.25, 0.3) is 0 Å². The number of likely N-dealkylation sites (N-methyl/N-ethyl adjacent to an activating group) is 1. The van der Waals surface area contributed by atoms with E-state index < -0.39 is 5.82 Å². The van der Waals surface area contributed by atoms with Crippen LogP contribution in [0.3, 0.4) is 0 Å². The molecule has 1 amide bonds. The maximum Gasteiger partial charge on any atom is 0.246 e. The van der Waals surface area contributed by atoms with Crippen molar-refractivity contribution in [2.75, 3.05) is 20.7 Å². The highest BCUT2D eigenvalue weighted by Gasteiger charge is 2.05. The molecule has 0 spiro atoms. The summed E-state index contributed by atoms with van der Waals surface area (Å²) in [5.41, 5.74) is 0.570. The third-order valence-electron chi connectivity index (χ3n) is 2.53. The first-order valence-electron chi connectivity index (χ1n) is 5.72. The van der Waals surface area contributed by atoms with Crippen LogP contribution in [0.1, 0.15) is 12.0 Å². The summed E-state index contributed by atoms with van der Waals surface area (Å²) in [5.74, 6) is -0.545. The number of rotatable bonds is 5. The van der Waals surface area contributed by atoms with Gasteiger partial charge in [-0.25, -0.2) is 4.39 Å². The molecule has 5 heteroatoms. The number of ether oxygens (including phenoxy) is 1. The lowest BCUT2D eigenvalue weighted by atomic mass is 10.2. The second-order valence-electron chi connectivity index (χ2n) is 3.90. The Morgan fingerprint density at radius 2 is 2.32 bits per heavy atom. The molecule has 4 nitrogen and oxygen atoms in total. The van der Waals surface area contributed by atoms with E-state index in [2.05, 4.69) is 0 Å². The maximum atomic E-state index is 13.4. The van der Waals surface area contributed by atoms with Crippen molar-refractivity contribution in [1.29, 1.82) is 5.26 Å². The Labute approximate surface area is 111 Å². The topological polar surface area (TPSA) is 53.3 Å². The number of methoxy groups -OCH3 is 1. The van der Waals surface area contributed by atoms with Crippen molar-refractivity contribution in [3.63, 3.8) is 0 Å². The number of carbonyl (C=O) groups excluding carboxylic acids is 1. The van der Waals surface area contributed by atoms with Gasteiger partial charge >= 0.3 is 0 Å². The summed E-state index contributed by atoms with van der Waals surface area (Å²) in [7, 11) is 3.00. The zero-order chi connectivity index (χ0) is 14.3. The first-order valence-corrected chi connectivity index (χ1v) is 5.72. The number of nitrogens with zero attached hydrogens (tertiary/aromatic N) is 2. The number of nitriles is 1. The lowest BCUT2D eigenvalue weighted by molar-refractivity contribution is -0.124. The van der Waals surface area contributed by atoms with Crippen molar-refractivity contribution >= 4 is 12.0 Å². The van der Waals surface area contributed by atoms with Crippen LogP contribution in [0.5, 0.6) is 5.75 Å². The molecule has 19 heavy (non-hydrogen) atoms. The van der Waals surface area contributed by atoms with E-state index in [9.17, 15) is 9.18 Å². The number of hydrogen-bond donors (Lipinski definition) is 0. The molecule has 0 fully saturated rings. The number of carbonyl (C=O) groups is 1. The highest BCUT2D eigenvalue weighted by molar-refractivity contribution is 5.91. The van der Waals surface area contributed by atoms with Gasteiger partial charge in [-0.05, 0) is 23.8 Å². The predicted molar refractivity (Wildman–Crippen MR) is 69.9 cm³/mol. The lowest BCUT2D eigenvalue weighted by Gasteiger charge is -2.12. The van der Waals surface area contributed by atoms with Gasteiger partial charge in [0, 0.05) is 19.7 Å². The molecule has 0 N–H and O–H groups in total. The average Bonchev–Trinajstić information content (AvgIpc) is 2.42. The van der Waals surface area contributed by atoms with Gasteiger partial charge in [0.1, 0.15) is 0 Å². The van der Waals surface area contributed by atoms with Gasteiger partial charge in [-0.2, -0.15) is 5.26 Å². The number of benzene rings is 1. The normalized spacial score (nSPS) is 10.2. The number of amides is 1. The Balaban J connectivity index is 2.68. The predicted octanol–water partition coefficient (Wildman–Crippen LogP) is 2.22. The van der Waals surface area contributed by atoms with Crippen molar-refractivity contribution in [1.82, 2.24) is 4.90 Å². The molecule has 1 aromatic rings. The van der Waals surface area contributed by atoms with Crippen LogP contribution >= 0.6 is 0 Å². The fraction of sp³-hybridized carbons (Fsp3) is 0.286. The van der Waals surface area contributed by atoms with E-state index in [1.54, 1.807) is 13.1 Å². The highest BCUT2D eigenvalue weighted by Crippen LogP contribution is 2.18. The van der Waals surface area contributed by atoms with Crippen molar-refractivity contribution in [3.05, 3.63) is 35.7 Å². The van der Waals surface area contributed by atoms with E-state index in [4.69, 9.17) is 10.00 Å². The van der Waals surface area contributed by atoms with E-state index in [-0.39, 0.29) is 18.1 Å². The van der Waals surface area contributed by atoms with Crippen LogP contribution in [0.4, 0.5) is 4.39 Å². The Hall–Kier alpha value is -2.35. The number of halogens is 1. The summed E-state index contributed by atoms with van der Waals surface area (Å²) in [5, 5.41) is 8.43. The van der Waals surface area contributed by atoms with Crippen molar-refractivity contribution in [3.8, 4) is 11.8 Å². The van der Waals surface area contributed by atoms with Crippen LogP contribution in [0.15, 0.2) is 24.3 Å². The van der Waals surface area contributed by atoms with Crippen LogP contribution < -0.4 is 4.74 Å². The first kappa shape index (κ1) is 14.7. The van der Waals surface area contributed by atoms with Gasteiger partial charge in [-0.3, -0.25) is 4.79 Å². The molecule has 0 aliphatic rings. The summed E-state index contributed by atoms with van der Waals surface area (Å²) >= 11 is 0. The summed E-state index contributed by atoms with van der Waals surface area (Å²) in [6.07, 6.45) is 3.15. The molecule has 0 radical (unpaired) electrons. The fourth-order valence-electron chi connectivity index (χ4n) is 1.41. The number of hydrogen-bond acceptors (Lipinski definition) is 3. The molecular weight excluding hydrogens is 247 g/mol. The van der Waals surface area contributed by atoms with E-state index in [0.717, 1.165) is 0 Å². The minimum Gasteiger partial charge on any atom is -0.494 e. The average molecular weight is 262 g/mol. The molecule has 0 saturated carbocycles.